The zero-order valence-corrected chi connectivity index (χ0v) is 11.6. The zero-order valence-electron chi connectivity index (χ0n) is 11.6. The first-order valence-corrected chi connectivity index (χ1v) is 6.41. The van der Waals surface area contributed by atoms with E-state index in [0.717, 1.165) is 24.2 Å². The molecule has 1 N–H and O–H groups in total. The molecule has 0 aliphatic heterocycles. The summed E-state index contributed by atoms with van der Waals surface area (Å²) < 4.78 is 11.1. The Balaban J connectivity index is 2.17. The normalized spacial score (nSPS) is 19.4. The molecule has 0 bridgehead atoms. The molecular formula is C15H22O3. The summed E-state index contributed by atoms with van der Waals surface area (Å²) in [5.41, 5.74) is -0.858. The highest BCUT2D eigenvalue weighted by Crippen LogP contribution is 2.36. The number of ether oxygens (including phenoxy) is 2. The molecule has 0 saturated heterocycles. The van der Waals surface area contributed by atoms with Crippen LogP contribution >= 0.6 is 0 Å². The highest BCUT2D eigenvalue weighted by molar-refractivity contribution is 5.32. The molecule has 3 heteroatoms. The highest BCUT2D eigenvalue weighted by atomic mass is 16.5. The molecule has 1 atom stereocenters. The molecule has 18 heavy (non-hydrogen) atoms. The molecule has 1 aromatic rings. The minimum atomic E-state index is -1.04. The summed E-state index contributed by atoms with van der Waals surface area (Å²) in [6, 6.07) is 7.62. The van der Waals surface area contributed by atoms with Gasteiger partial charge in [0.1, 0.15) is 11.4 Å². The average Bonchev–Trinajstić information content (AvgIpc) is 3.13. The maximum absolute atomic E-state index is 10.6. The van der Waals surface area contributed by atoms with Crippen LogP contribution in [-0.4, -0.2) is 23.9 Å². The molecule has 0 aromatic heterocycles. The van der Waals surface area contributed by atoms with E-state index in [1.165, 1.54) is 0 Å². The monoisotopic (exact) mass is 250 g/mol. The number of benzene rings is 1. The van der Waals surface area contributed by atoms with Crippen molar-refractivity contribution in [2.75, 3.05) is 7.11 Å². The van der Waals surface area contributed by atoms with Crippen LogP contribution < -0.4 is 4.74 Å². The Morgan fingerprint density at radius 3 is 2.11 bits per heavy atom. The van der Waals surface area contributed by atoms with Crippen LogP contribution in [0.1, 0.15) is 39.2 Å². The molecule has 0 radical (unpaired) electrons. The molecule has 1 aliphatic carbocycles. The maximum Gasteiger partial charge on any atom is 0.119 e. The number of rotatable bonds is 5. The molecule has 0 amide bonds. The van der Waals surface area contributed by atoms with E-state index < -0.39 is 11.2 Å². The van der Waals surface area contributed by atoms with Crippen molar-refractivity contribution in [3.63, 3.8) is 0 Å². The molecule has 1 aliphatic rings. The number of hydrogen-bond acceptors (Lipinski definition) is 3. The molecule has 2 rings (SSSR count). The van der Waals surface area contributed by atoms with Crippen molar-refractivity contribution in [2.45, 2.75) is 50.9 Å². The van der Waals surface area contributed by atoms with Gasteiger partial charge in [0.15, 0.2) is 0 Å². The van der Waals surface area contributed by atoms with Crippen LogP contribution in [0.5, 0.6) is 5.75 Å². The number of methoxy groups -OCH3 is 1. The summed E-state index contributed by atoms with van der Waals surface area (Å²) in [5, 5.41) is 10.6. The quantitative estimate of drug-likeness (QED) is 0.873. The summed E-state index contributed by atoms with van der Waals surface area (Å²) in [5.74, 6) is 0.868. The van der Waals surface area contributed by atoms with Crippen LogP contribution in [0.3, 0.4) is 0 Å². The first-order chi connectivity index (χ1) is 8.37. The van der Waals surface area contributed by atoms with E-state index in [1.807, 2.05) is 38.1 Å². The topological polar surface area (TPSA) is 38.7 Å². The molecule has 0 heterocycles. The Morgan fingerprint density at radius 1 is 1.11 bits per heavy atom. The molecule has 1 saturated carbocycles. The Bertz CT molecular complexity index is 402. The fourth-order valence-electron chi connectivity index (χ4n) is 1.78. The van der Waals surface area contributed by atoms with E-state index in [0.29, 0.717) is 6.10 Å². The van der Waals surface area contributed by atoms with Gasteiger partial charge in [0.2, 0.25) is 0 Å². The van der Waals surface area contributed by atoms with Crippen LogP contribution in [0.4, 0.5) is 0 Å². The second-order valence-corrected chi connectivity index (χ2v) is 5.63. The fourth-order valence-corrected chi connectivity index (χ4v) is 1.78. The minimum absolute atomic E-state index is 0.395. The van der Waals surface area contributed by atoms with E-state index >= 15 is 0 Å². The van der Waals surface area contributed by atoms with Gasteiger partial charge in [0.05, 0.1) is 11.7 Å². The SMILES string of the molecule is COC(C)(C)C(C)(O)c1ccc(OC2CC2)cc1. The summed E-state index contributed by atoms with van der Waals surface area (Å²) in [4.78, 5) is 0. The van der Waals surface area contributed by atoms with Gasteiger partial charge < -0.3 is 14.6 Å². The summed E-state index contributed by atoms with van der Waals surface area (Å²) in [6.07, 6.45) is 2.69. The van der Waals surface area contributed by atoms with E-state index in [-0.39, 0.29) is 0 Å². The predicted molar refractivity (Wildman–Crippen MR) is 70.8 cm³/mol. The summed E-state index contributed by atoms with van der Waals surface area (Å²) >= 11 is 0. The van der Waals surface area contributed by atoms with Crippen molar-refractivity contribution in [2.24, 2.45) is 0 Å². The second kappa shape index (κ2) is 4.56. The van der Waals surface area contributed by atoms with Crippen molar-refractivity contribution in [3.05, 3.63) is 29.8 Å². The zero-order chi connectivity index (χ0) is 13.4. The van der Waals surface area contributed by atoms with Gasteiger partial charge in [-0.05, 0) is 51.3 Å². The molecular weight excluding hydrogens is 228 g/mol. The third kappa shape index (κ3) is 2.52. The largest absolute Gasteiger partial charge is 0.490 e. The minimum Gasteiger partial charge on any atom is -0.490 e. The Kier molecular flexibility index (Phi) is 3.39. The molecule has 1 unspecified atom stereocenters. The first-order valence-electron chi connectivity index (χ1n) is 6.41. The van der Waals surface area contributed by atoms with Crippen molar-refractivity contribution in [3.8, 4) is 5.75 Å². The van der Waals surface area contributed by atoms with Crippen LogP contribution in [0.15, 0.2) is 24.3 Å². The number of hydrogen-bond donors (Lipinski definition) is 1. The smallest absolute Gasteiger partial charge is 0.119 e. The third-order valence-corrected chi connectivity index (χ3v) is 3.93. The van der Waals surface area contributed by atoms with Crippen LogP contribution in [0.2, 0.25) is 0 Å². The van der Waals surface area contributed by atoms with E-state index in [4.69, 9.17) is 9.47 Å². The second-order valence-electron chi connectivity index (χ2n) is 5.63. The van der Waals surface area contributed by atoms with E-state index in [2.05, 4.69) is 0 Å². The lowest BCUT2D eigenvalue weighted by molar-refractivity contribution is -0.145. The van der Waals surface area contributed by atoms with Gasteiger partial charge in [-0.2, -0.15) is 0 Å². The van der Waals surface area contributed by atoms with Gasteiger partial charge in [0.25, 0.3) is 0 Å². The predicted octanol–water partition coefficient (Wildman–Crippen LogP) is 2.86. The van der Waals surface area contributed by atoms with Gasteiger partial charge in [0, 0.05) is 7.11 Å². The molecule has 3 nitrogen and oxygen atoms in total. The molecule has 100 valence electrons. The lowest BCUT2D eigenvalue weighted by Crippen LogP contribution is -2.46. The molecule has 1 aromatic carbocycles. The van der Waals surface area contributed by atoms with Crippen molar-refractivity contribution in [1.82, 2.24) is 0 Å². The Hall–Kier alpha value is -1.06. The van der Waals surface area contributed by atoms with Crippen LogP contribution in [0, 0.1) is 0 Å². The summed E-state index contributed by atoms with van der Waals surface area (Å²) in [6.45, 7) is 5.52. The lowest BCUT2D eigenvalue weighted by atomic mass is 9.81. The van der Waals surface area contributed by atoms with E-state index in [9.17, 15) is 5.11 Å². The Labute approximate surface area is 109 Å². The third-order valence-electron chi connectivity index (χ3n) is 3.93. The standard InChI is InChI=1S/C15H22O3/c1-14(2,17-4)15(3,16)11-5-7-12(8-6-11)18-13-9-10-13/h5-8,13,16H,9-10H2,1-4H3. The average molecular weight is 250 g/mol. The van der Waals surface area contributed by atoms with Gasteiger partial charge >= 0.3 is 0 Å². The van der Waals surface area contributed by atoms with Gasteiger partial charge in [-0.15, -0.1) is 0 Å². The molecule has 1 fully saturated rings. The van der Waals surface area contributed by atoms with Crippen molar-refractivity contribution >= 4 is 0 Å². The first kappa shape index (κ1) is 13.4. The van der Waals surface area contributed by atoms with Gasteiger partial charge in [-0.1, -0.05) is 12.1 Å². The molecule has 0 spiro atoms. The van der Waals surface area contributed by atoms with Gasteiger partial charge in [-0.25, -0.2) is 0 Å². The summed E-state index contributed by atoms with van der Waals surface area (Å²) in [7, 11) is 1.61. The Morgan fingerprint density at radius 2 is 1.67 bits per heavy atom. The van der Waals surface area contributed by atoms with Crippen LogP contribution in [-0.2, 0) is 10.3 Å². The van der Waals surface area contributed by atoms with Crippen molar-refractivity contribution < 1.29 is 14.6 Å². The van der Waals surface area contributed by atoms with Crippen molar-refractivity contribution in [1.29, 1.82) is 0 Å². The fraction of sp³-hybridized carbons (Fsp3) is 0.600. The van der Waals surface area contributed by atoms with Crippen LogP contribution in [0.25, 0.3) is 0 Å². The highest BCUT2D eigenvalue weighted by Gasteiger charge is 2.41. The van der Waals surface area contributed by atoms with E-state index in [1.54, 1.807) is 14.0 Å². The van der Waals surface area contributed by atoms with Gasteiger partial charge in [-0.3, -0.25) is 0 Å². The lowest BCUT2D eigenvalue weighted by Gasteiger charge is -2.39. The number of aliphatic hydroxyl groups is 1. The maximum atomic E-state index is 10.6.